The highest BCUT2D eigenvalue weighted by molar-refractivity contribution is 7.92. The number of halogens is 2. The lowest BCUT2D eigenvalue weighted by molar-refractivity contribution is -0.125. The standard InChI is InChI=1S/C14H22FN3O3S.ClH/c1-4-14(5-2,9-16)13(19)17-10-6-7-11(15)12(8-10)18-22(3,20)21;/h6-8,18H,4-5,9,16H2,1-3H3,(H,17,19);1H. The van der Waals surface area contributed by atoms with Crippen LogP contribution >= 0.6 is 12.4 Å². The highest BCUT2D eigenvalue weighted by Crippen LogP contribution is 2.28. The summed E-state index contributed by atoms with van der Waals surface area (Å²) in [6.45, 7) is 3.94. The maximum atomic E-state index is 13.6. The fourth-order valence-electron chi connectivity index (χ4n) is 2.10. The van der Waals surface area contributed by atoms with Gasteiger partial charge in [0.25, 0.3) is 0 Å². The summed E-state index contributed by atoms with van der Waals surface area (Å²) in [5, 5.41) is 2.67. The monoisotopic (exact) mass is 367 g/mol. The Balaban J connectivity index is 0.00000484. The second-order valence-electron chi connectivity index (χ2n) is 5.21. The number of rotatable bonds is 7. The van der Waals surface area contributed by atoms with Crippen LogP contribution in [0.25, 0.3) is 0 Å². The van der Waals surface area contributed by atoms with E-state index < -0.39 is 21.3 Å². The van der Waals surface area contributed by atoms with E-state index in [1.165, 1.54) is 12.1 Å². The number of benzene rings is 1. The number of hydrogen-bond donors (Lipinski definition) is 3. The van der Waals surface area contributed by atoms with Crippen LogP contribution < -0.4 is 15.8 Å². The van der Waals surface area contributed by atoms with Gasteiger partial charge in [-0.25, -0.2) is 12.8 Å². The molecule has 0 atom stereocenters. The summed E-state index contributed by atoms with van der Waals surface area (Å²) < 4.78 is 38.1. The highest BCUT2D eigenvalue weighted by atomic mass is 35.5. The van der Waals surface area contributed by atoms with E-state index in [1.807, 2.05) is 13.8 Å². The molecule has 0 spiro atoms. The van der Waals surface area contributed by atoms with Gasteiger partial charge >= 0.3 is 0 Å². The molecule has 0 saturated carbocycles. The second kappa shape index (κ2) is 8.47. The Kier molecular flexibility index (Phi) is 7.96. The van der Waals surface area contributed by atoms with Crippen molar-refractivity contribution in [2.45, 2.75) is 26.7 Å². The zero-order valence-electron chi connectivity index (χ0n) is 13.3. The average molecular weight is 368 g/mol. The zero-order chi connectivity index (χ0) is 17.0. The van der Waals surface area contributed by atoms with Gasteiger partial charge in [-0.3, -0.25) is 9.52 Å². The quantitative estimate of drug-likeness (QED) is 0.688. The molecule has 4 N–H and O–H groups in total. The van der Waals surface area contributed by atoms with E-state index in [0.29, 0.717) is 18.5 Å². The van der Waals surface area contributed by atoms with Crippen LogP contribution in [0.2, 0.25) is 0 Å². The van der Waals surface area contributed by atoms with Gasteiger partial charge in [0.05, 0.1) is 17.4 Å². The van der Waals surface area contributed by atoms with Crippen LogP contribution in [0, 0.1) is 11.2 Å². The zero-order valence-corrected chi connectivity index (χ0v) is 15.0. The number of nitrogens with one attached hydrogen (secondary N) is 2. The van der Waals surface area contributed by atoms with Gasteiger partial charge in [0.15, 0.2) is 0 Å². The van der Waals surface area contributed by atoms with Gasteiger partial charge in [0.2, 0.25) is 15.9 Å². The molecule has 0 bridgehead atoms. The fourth-order valence-corrected chi connectivity index (χ4v) is 2.65. The molecule has 1 rings (SSSR count). The molecule has 0 unspecified atom stereocenters. The molecule has 0 radical (unpaired) electrons. The smallest absolute Gasteiger partial charge is 0.231 e. The molecule has 0 saturated heterocycles. The number of anilines is 2. The molecule has 1 amide bonds. The van der Waals surface area contributed by atoms with Crippen LogP contribution in [0.1, 0.15) is 26.7 Å². The third-order valence-electron chi connectivity index (χ3n) is 3.75. The SMILES string of the molecule is CCC(CC)(CN)C(=O)Nc1ccc(F)c(NS(C)(=O)=O)c1.Cl. The minimum absolute atomic E-state index is 0. The summed E-state index contributed by atoms with van der Waals surface area (Å²) in [7, 11) is -3.61. The van der Waals surface area contributed by atoms with Gasteiger partial charge in [-0.2, -0.15) is 0 Å². The van der Waals surface area contributed by atoms with Crippen LogP contribution in [0.4, 0.5) is 15.8 Å². The maximum Gasteiger partial charge on any atom is 0.231 e. The van der Waals surface area contributed by atoms with E-state index in [4.69, 9.17) is 5.73 Å². The van der Waals surface area contributed by atoms with Crippen molar-refractivity contribution in [1.82, 2.24) is 0 Å². The molecule has 1 aromatic carbocycles. The summed E-state index contributed by atoms with van der Waals surface area (Å²) in [6, 6.07) is 3.69. The summed E-state index contributed by atoms with van der Waals surface area (Å²) in [4.78, 5) is 12.4. The average Bonchev–Trinajstić information content (AvgIpc) is 2.43. The minimum Gasteiger partial charge on any atom is -0.329 e. The van der Waals surface area contributed by atoms with Crippen LogP contribution in [0.3, 0.4) is 0 Å². The molecule has 9 heteroatoms. The Morgan fingerprint density at radius 3 is 2.30 bits per heavy atom. The van der Waals surface area contributed by atoms with Gasteiger partial charge in [-0.1, -0.05) is 13.8 Å². The Hall–Kier alpha value is -1.38. The molecule has 0 aromatic heterocycles. The van der Waals surface area contributed by atoms with E-state index in [0.717, 1.165) is 12.3 Å². The van der Waals surface area contributed by atoms with Crippen molar-refractivity contribution in [2.24, 2.45) is 11.1 Å². The van der Waals surface area contributed by atoms with Gasteiger partial charge in [0.1, 0.15) is 5.82 Å². The van der Waals surface area contributed by atoms with E-state index in [1.54, 1.807) is 0 Å². The molecule has 23 heavy (non-hydrogen) atoms. The Morgan fingerprint density at radius 1 is 1.30 bits per heavy atom. The van der Waals surface area contributed by atoms with Gasteiger partial charge in [-0.15, -0.1) is 12.4 Å². The topological polar surface area (TPSA) is 101 Å². The summed E-state index contributed by atoms with van der Waals surface area (Å²) in [6.07, 6.45) is 2.06. The molecular weight excluding hydrogens is 345 g/mol. The molecule has 0 aliphatic carbocycles. The normalized spacial score (nSPS) is 11.5. The van der Waals surface area contributed by atoms with Crippen LogP contribution in [0.15, 0.2) is 18.2 Å². The molecule has 0 fully saturated rings. The molecule has 6 nitrogen and oxygen atoms in total. The summed E-state index contributed by atoms with van der Waals surface area (Å²) >= 11 is 0. The number of nitrogens with two attached hydrogens (primary N) is 1. The highest BCUT2D eigenvalue weighted by Gasteiger charge is 2.33. The molecule has 132 valence electrons. The van der Waals surface area contributed by atoms with E-state index in [9.17, 15) is 17.6 Å². The first-order valence-corrected chi connectivity index (χ1v) is 8.85. The first-order valence-electron chi connectivity index (χ1n) is 6.96. The lowest BCUT2D eigenvalue weighted by Crippen LogP contribution is -2.41. The first-order chi connectivity index (χ1) is 10.2. The third-order valence-corrected chi connectivity index (χ3v) is 4.34. The van der Waals surface area contributed by atoms with Crippen LogP contribution in [-0.4, -0.2) is 27.1 Å². The second-order valence-corrected chi connectivity index (χ2v) is 6.96. The van der Waals surface area contributed by atoms with Gasteiger partial charge < -0.3 is 11.1 Å². The lowest BCUT2D eigenvalue weighted by Gasteiger charge is -2.28. The largest absolute Gasteiger partial charge is 0.329 e. The molecule has 1 aromatic rings. The van der Waals surface area contributed by atoms with Crippen LogP contribution in [0.5, 0.6) is 0 Å². The van der Waals surface area contributed by atoms with E-state index >= 15 is 0 Å². The summed E-state index contributed by atoms with van der Waals surface area (Å²) in [5.41, 5.74) is 5.10. The van der Waals surface area contributed by atoms with E-state index in [-0.39, 0.29) is 30.5 Å². The predicted molar refractivity (Wildman–Crippen MR) is 92.8 cm³/mol. The van der Waals surface area contributed by atoms with Crippen molar-refractivity contribution >= 4 is 39.7 Å². The third kappa shape index (κ3) is 5.63. The van der Waals surface area contributed by atoms with Crippen molar-refractivity contribution in [3.63, 3.8) is 0 Å². The maximum absolute atomic E-state index is 13.6. The number of carbonyl (C=O) groups excluding carboxylic acids is 1. The molecular formula is C14H23ClFN3O3S. The number of sulfonamides is 1. The molecule has 0 heterocycles. The Labute approximate surface area is 142 Å². The first kappa shape index (κ1) is 21.6. The van der Waals surface area contributed by atoms with Crippen molar-refractivity contribution < 1.29 is 17.6 Å². The Morgan fingerprint density at radius 2 is 1.87 bits per heavy atom. The van der Waals surface area contributed by atoms with Crippen LogP contribution in [-0.2, 0) is 14.8 Å². The van der Waals surface area contributed by atoms with Crippen molar-refractivity contribution in [1.29, 1.82) is 0 Å². The lowest BCUT2D eigenvalue weighted by atomic mass is 9.81. The van der Waals surface area contributed by atoms with Crippen molar-refractivity contribution in [2.75, 3.05) is 22.8 Å². The minimum atomic E-state index is -3.61. The predicted octanol–water partition coefficient (Wildman–Crippen LogP) is 2.32. The number of amides is 1. The Bertz CT molecular complexity index is 640. The van der Waals surface area contributed by atoms with Gasteiger partial charge in [0, 0.05) is 12.2 Å². The molecule has 0 aliphatic heterocycles. The van der Waals surface area contributed by atoms with E-state index in [2.05, 4.69) is 10.0 Å². The number of carbonyl (C=O) groups is 1. The number of hydrogen-bond acceptors (Lipinski definition) is 4. The fraction of sp³-hybridized carbons (Fsp3) is 0.500. The summed E-state index contributed by atoms with van der Waals surface area (Å²) in [5.74, 6) is -0.989. The van der Waals surface area contributed by atoms with Crippen molar-refractivity contribution in [3.05, 3.63) is 24.0 Å². The van der Waals surface area contributed by atoms with Crippen molar-refractivity contribution in [3.8, 4) is 0 Å². The van der Waals surface area contributed by atoms with Gasteiger partial charge in [-0.05, 0) is 31.0 Å². The molecule has 0 aliphatic rings.